The first-order chi connectivity index (χ1) is 34.0. The Morgan fingerprint density at radius 1 is 0.958 bits per heavy atom. The molecule has 1 aromatic heterocycles. The highest BCUT2D eigenvalue weighted by Gasteiger charge is 2.82. The van der Waals surface area contributed by atoms with Crippen LogP contribution in [0.3, 0.4) is 0 Å². The van der Waals surface area contributed by atoms with Gasteiger partial charge in [-0.1, -0.05) is 50.3 Å². The maximum atomic E-state index is 15.7. The second-order valence-electron chi connectivity index (χ2n) is 20.7. The molecule has 4 fully saturated rings. The second-order valence-corrected chi connectivity index (χ2v) is 22.7. The number of hydrogen-bond donors (Lipinski definition) is 3. The lowest BCUT2D eigenvalue weighted by molar-refractivity contribution is -0.242. The lowest BCUT2D eigenvalue weighted by atomic mass is 9.47. The van der Waals surface area contributed by atoms with E-state index < -0.39 is 95.2 Å². The highest BCUT2D eigenvalue weighted by atomic mass is 31.2. The molecule has 1 saturated carbocycles. The van der Waals surface area contributed by atoms with Gasteiger partial charge in [0.25, 0.3) is 0 Å². The van der Waals surface area contributed by atoms with Gasteiger partial charge >= 0.3 is 25.5 Å². The first kappa shape index (κ1) is 51.2. The molecule has 2 aromatic rings. The molecule has 2 aliphatic carbocycles. The number of para-hydroxylation sites is 1. The number of benzene rings is 1. The number of carbonyl (C=O) groups excluding carboxylic acids is 5. The van der Waals surface area contributed by atoms with Crippen molar-refractivity contribution in [3.05, 3.63) is 71.1 Å². The first-order valence-corrected chi connectivity index (χ1v) is 26.9. The molecule has 0 radical (unpaired) electrons. The third-order valence-corrected chi connectivity index (χ3v) is 19.3. The van der Waals surface area contributed by atoms with E-state index in [1.807, 2.05) is 50.3 Å². The van der Waals surface area contributed by atoms with Crippen molar-refractivity contribution >= 4 is 48.7 Å². The molecule has 3 N–H and O–H groups in total. The van der Waals surface area contributed by atoms with Crippen molar-refractivity contribution in [3.63, 3.8) is 0 Å². The van der Waals surface area contributed by atoms with Gasteiger partial charge in [-0.15, -0.1) is 0 Å². The third-order valence-electron chi connectivity index (χ3n) is 17.3. The Hall–Kier alpha value is -4.68. The van der Waals surface area contributed by atoms with Gasteiger partial charge in [0.05, 0.1) is 45.1 Å². The number of piperidine rings is 1. The van der Waals surface area contributed by atoms with Crippen LogP contribution < -0.4 is 5.32 Å². The highest BCUT2D eigenvalue weighted by molar-refractivity contribution is 7.54. The van der Waals surface area contributed by atoms with Gasteiger partial charge in [-0.2, -0.15) is 0 Å². The summed E-state index contributed by atoms with van der Waals surface area (Å²) in [6, 6.07) is 6.17. The number of carbonyl (C=O) groups is 5. The van der Waals surface area contributed by atoms with Gasteiger partial charge in [0.2, 0.25) is 17.9 Å². The number of likely N-dealkylation sites (tertiary alicyclic amines) is 1. The van der Waals surface area contributed by atoms with Gasteiger partial charge in [0.1, 0.15) is 11.6 Å². The number of rotatable bonds is 15. The summed E-state index contributed by atoms with van der Waals surface area (Å²) in [7, 11) is 0.380. The molecule has 71 heavy (non-hydrogen) atoms. The molecule has 18 nitrogen and oxygen atoms in total. The molecule has 19 heteroatoms. The summed E-state index contributed by atoms with van der Waals surface area (Å²) in [5.74, 6) is -3.77. The maximum absolute atomic E-state index is 15.7. The minimum absolute atomic E-state index is 0.117. The van der Waals surface area contributed by atoms with Crippen LogP contribution in [0.15, 0.2) is 59.8 Å². The van der Waals surface area contributed by atoms with Crippen molar-refractivity contribution in [1.82, 2.24) is 25.0 Å². The molecule has 1 spiro atoms. The first-order valence-electron chi connectivity index (χ1n) is 25.2. The molecule has 6 heterocycles. The predicted octanol–water partition coefficient (Wildman–Crippen LogP) is 4.55. The van der Waals surface area contributed by atoms with Gasteiger partial charge in [-0.25, -0.2) is 4.79 Å². The van der Waals surface area contributed by atoms with Gasteiger partial charge < -0.3 is 53.2 Å². The minimum Gasteiger partial charge on any atom is -0.468 e. The summed E-state index contributed by atoms with van der Waals surface area (Å²) in [5, 5.41) is 17.7. The van der Waals surface area contributed by atoms with Crippen LogP contribution in [0.1, 0.15) is 78.0 Å². The van der Waals surface area contributed by atoms with Crippen molar-refractivity contribution in [2.24, 2.45) is 22.7 Å². The van der Waals surface area contributed by atoms with Gasteiger partial charge in [0, 0.05) is 85.3 Å². The Bertz CT molecular complexity index is 2610. The summed E-state index contributed by atoms with van der Waals surface area (Å²) < 4.78 is 48.8. The Morgan fingerprint density at radius 3 is 2.34 bits per heavy atom. The van der Waals surface area contributed by atoms with E-state index in [0.29, 0.717) is 88.2 Å². The zero-order valence-electron chi connectivity index (χ0n) is 42.2. The van der Waals surface area contributed by atoms with Crippen molar-refractivity contribution in [1.29, 1.82) is 0 Å². The number of methoxy groups -OCH3 is 3. The van der Waals surface area contributed by atoms with E-state index in [1.54, 1.807) is 21.0 Å². The number of nitrogens with one attached hydrogen (secondary N) is 2. The molecule has 3 unspecified atom stereocenters. The lowest BCUT2D eigenvalue weighted by Gasteiger charge is -2.63. The van der Waals surface area contributed by atoms with Crippen molar-refractivity contribution in [2.45, 2.75) is 114 Å². The zero-order chi connectivity index (χ0) is 50.9. The van der Waals surface area contributed by atoms with Crippen LogP contribution in [0.5, 0.6) is 0 Å². The Kier molecular flexibility index (Phi) is 13.7. The standard InChI is InChI=1S/C52H70N5O13P/c1-9-48(54-41(60)29-71(64,68-11-3)69-12-4)26-33-27-51(46(61)66-7,42-35(18-22-55(28-33)30-48)34-16-13-14-17-38(34)53-42)37-24-36-39(25-40(37)65-6)57(31-58)44-50(36)20-23-56-21-15-19-49(10-2,43(50)56)45(70-32(5)59)52(44,63)47(62)67-8/h13-17,19,24-25,31,33,37,40,43-45,53,63H,9-12,18,20-23,26-30H2,1-8H3,(H,54,60)/t33-,37?,40?,43-,44+,45+,48-,49+,50+,51-,52-/m0/s1. The molecule has 2 bridgehead atoms. The molecule has 386 valence electrons. The monoisotopic (exact) mass is 1000 g/mol. The van der Waals surface area contributed by atoms with Crippen molar-refractivity contribution < 1.29 is 61.6 Å². The van der Waals surface area contributed by atoms with Gasteiger partial charge in [0.15, 0.2) is 6.10 Å². The topological polar surface area (TPSA) is 216 Å². The minimum atomic E-state index is -3.74. The van der Waals surface area contributed by atoms with Gasteiger partial charge in [-0.05, 0) is 88.1 Å². The van der Waals surface area contributed by atoms with Crippen LogP contribution >= 0.6 is 7.60 Å². The number of H-pyrrole nitrogens is 1. The summed E-state index contributed by atoms with van der Waals surface area (Å²) in [6.45, 7) is 11.6. The van der Waals surface area contributed by atoms with Crippen LogP contribution in [0.2, 0.25) is 0 Å². The summed E-state index contributed by atoms with van der Waals surface area (Å²) in [5.41, 5.74) is -3.62. The highest BCUT2D eigenvalue weighted by Crippen LogP contribution is 2.70. The molecular weight excluding hydrogens is 934 g/mol. The quantitative estimate of drug-likeness (QED) is 0.0734. The fourth-order valence-corrected chi connectivity index (χ4v) is 16.5. The van der Waals surface area contributed by atoms with Crippen molar-refractivity contribution in [3.8, 4) is 0 Å². The number of aromatic nitrogens is 1. The average Bonchev–Trinajstić information content (AvgIpc) is 4.03. The van der Waals surface area contributed by atoms with Crippen LogP contribution in [0.25, 0.3) is 10.9 Å². The lowest BCUT2D eigenvalue weighted by Crippen LogP contribution is -2.80. The number of amides is 2. The average molecular weight is 1000 g/mol. The normalized spacial score (nSPS) is 36.1. The van der Waals surface area contributed by atoms with Crippen LogP contribution in [-0.2, 0) is 68.4 Å². The third kappa shape index (κ3) is 7.63. The molecule has 1 aromatic carbocycles. The number of ether oxygens (including phenoxy) is 4. The molecule has 7 aliphatic rings. The van der Waals surface area contributed by atoms with Crippen LogP contribution in [0, 0.1) is 22.7 Å². The summed E-state index contributed by atoms with van der Waals surface area (Å²) in [4.78, 5) is 81.2. The number of fused-ring (bicyclic) bond motifs is 6. The number of nitrogens with zero attached hydrogens (tertiary/aromatic N) is 3. The number of allylic oxidation sites excluding steroid dienone is 1. The summed E-state index contributed by atoms with van der Waals surface area (Å²) in [6.07, 6.45) is 8.20. The van der Waals surface area contributed by atoms with Crippen LogP contribution in [-0.4, -0.2) is 164 Å². The number of hydrogen-bond acceptors (Lipinski definition) is 15. The van der Waals surface area contributed by atoms with E-state index in [2.05, 4.69) is 32.2 Å². The Morgan fingerprint density at radius 2 is 1.69 bits per heavy atom. The Balaban J connectivity index is 1.26. The fourth-order valence-electron chi connectivity index (χ4n) is 15.0. The summed E-state index contributed by atoms with van der Waals surface area (Å²) >= 11 is 0. The zero-order valence-corrected chi connectivity index (χ0v) is 43.1. The van der Waals surface area contributed by atoms with E-state index in [-0.39, 0.29) is 25.6 Å². The predicted molar refractivity (Wildman–Crippen MR) is 261 cm³/mol. The largest absolute Gasteiger partial charge is 0.468 e. The van der Waals surface area contributed by atoms with Crippen LogP contribution in [0.4, 0.5) is 0 Å². The van der Waals surface area contributed by atoms with Gasteiger partial charge in [-0.3, -0.25) is 28.6 Å². The van der Waals surface area contributed by atoms with Crippen molar-refractivity contribution in [2.75, 3.05) is 73.4 Å². The van der Waals surface area contributed by atoms with E-state index in [0.717, 1.165) is 16.5 Å². The van der Waals surface area contributed by atoms with E-state index in [9.17, 15) is 28.8 Å². The number of aromatic amines is 1. The molecule has 2 amide bonds. The fraction of sp³-hybridized carbons (Fsp3) is 0.635. The van der Waals surface area contributed by atoms with E-state index >= 15 is 4.79 Å². The second kappa shape index (κ2) is 19.0. The Labute approximate surface area is 415 Å². The van der Waals surface area contributed by atoms with E-state index in [4.69, 9.17) is 28.0 Å². The number of aliphatic hydroxyl groups is 1. The SMILES string of the molecule is CCOP(=O)(CC(=O)N[C@@]1(CC)C[C@@H]2CN(CCc3c([nH]c4ccccc34)[C@@](C(=O)OC)(C3C=C4C(=CC3OC)N(C=O)[C@H]3[C@@](O)(C(=O)OC)[C@H](OC(C)=O)[C@]5(CC)C=CCN6CC[C@]43[C@@H]65)C2)C1)OCC. The molecular formula is C52H70N5O13P. The molecule has 9 rings (SSSR count). The number of esters is 3. The molecule has 12 atom stereocenters. The van der Waals surface area contributed by atoms with E-state index in [1.165, 1.54) is 26.0 Å². The molecule has 5 aliphatic heterocycles. The smallest absolute Gasteiger partial charge is 0.344 e. The maximum Gasteiger partial charge on any atom is 0.344 e. The molecule has 3 saturated heterocycles.